The van der Waals surface area contributed by atoms with Gasteiger partial charge in [-0.3, -0.25) is 19.1 Å². The van der Waals surface area contributed by atoms with Crippen LogP contribution in [-0.4, -0.2) is 46.5 Å². The fourth-order valence-electron chi connectivity index (χ4n) is 5.06. The highest BCUT2D eigenvalue weighted by Gasteiger charge is 2.22. The Morgan fingerprint density at radius 1 is 0.972 bits per heavy atom. The summed E-state index contributed by atoms with van der Waals surface area (Å²) in [4.78, 5) is 44.2. The van der Waals surface area contributed by atoms with E-state index in [2.05, 4.69) is 22.4 Å². The Bertz CT molecular complexity index is 1340. The van der Waals surface area contributed by atoms with Gasteiger partial charge in [-0.1, -0.05) is 18.2 Å². The molecule has 188 valence electrons. The number of halogens is 1. The van der Waals surface area contributed by atoms with Gasteiger partial charge >= 0.3 is 5.69 Å². The summed E-state index contributed by atoms with van der Waals surface area (Å²) in [7, 11) is 0. The van der Waals surface area contributed by atoms with E-state index in [0.717, 1.165) is 29.5 Å². The number of carbonyl (C=O) groups is 1. The second kappa shape index (κ2) is 10.4. The molecule has 1 aliphatic carbocycles. The van der Waals surface area contributed by atoms with Crippen molar-refractivity contribution >= 4 is 23.1 Å². The van der Waals surface area contributed by atoms with Gasteiger partial charge in [0.2, 0.25) is 5.91 Å². The van der Waals surface area contributed by atoms with Gasteiger partial charge in [0.15, 0.2) is 0 Å². The van der Waals surface area contributed by atoms with Crippen LogP contribution in [0.15, 0.2) is 58.1 Å². The molecular weight excluding hydrogens is 461 g/mol. The lowest BCUT2D eigenvalue weighted by Crippen LogP contribution is -2.49. The number of aromatic amines is 1. The van der Waals surface area contributed by atoms with Crippen LogP contribution in [0.4, 0.5) is 21.6 Å². The van der Waals surface area contributed by atoms with Gasteiger partial charge in [-0.25, -0.2) is 9.18 Å². The fourth-order valence-corrected chi connectivity index (χ4v) is 5.06. The van der Waals surface area contributed by atoms with Crippen LogP contribution in [0, 0.1) is 5.82 Å². The first-order valence-electron chi connectivity index (χ1n) is 12.5. The number of nitrogens with one attached hydrogen (secondary N) is 2. The number of aromatic nitrogens is 2. The molecule has 0 spiro atoms. The summed E-state index contributed by atoms with van der Waals surface area (Å²) >= 11 is 0. The minimum Gasteiger partial charge on any atom is -0.366 e. The first-order chi connectivity index (χ1) is 17.5. The number of hydrogen-bond acceptors (Lipinski definition) is 5. The predicted octanol–water partition coefficient (Wildman–Crippen LogP) is 3.04. The van der Waals surface area contributed by atoms with E-state index in [9.17, 15) is 18.8 Å². The van der Waals surface area contributed by atoms with Crippen molar-refractivity contribution in [2.75, 3.05) is 36.4 Å². The number of fused-ring (bicyclic) bond motifs is 1. The molecule has 1 aliphatic heterocycles. The maximum atomic E-state index is 14.0. The van der Waals surface area contributed by atoms with Crippen molar-refractivity contribution < 1.29 is 9.18 Å². The Kier molecular flexibility index (Phi) is 6.88. The summed E-state index contributed by atoms with van der Waals surface area (Å²) in [5.74, 6) is 0.0620. The van der Waals surface area contributed by atoms with Gasteiger partial charge in [0.1, 0.15) is 11.6 Å². The molecule has 1 saturated heterocycles. The molecule has 0 atom stereocenters. The molecule has 1 aromatic heterocycles. The van der Waals surface area contributed by atoms with Crippen LogP contribution in [0.2, 0.25) is 0 Å². The lowest BCUT2D eigenvalue weighted by Gasteiger charge is -2.36. The molecule has 2 aromatic carbocycles. The Balaban J connectivity index is 1.13. The lowest BCUT2D eigenvalue weighted by molar-refractivity contribution is -0.131. The molecule has 0 radical (unpaired) electrons. The van der Waals surface area contributed by atoms with E-state index in [1.165, 1.54) is 23.3 Å². The Morgan fingerprint density at radius 3 is 2.53 bits per heavy atom. The molecule has 5 rings (SSSR count). The standard InChI is InChI=1S/C27H30FN5O3/c28-22-7-1-2-8-23(22)31-13-15-32(16-14-31)25(34)9-4-12-33-26(35)18-24(30-27(33)36)29-21-11-10-19-5-3-6-20(19)17-21/h1-2,7-8,10-11,17-18,29H,3-6,9,12-16H2,(H,30,36). The van der Waals surface area contributed by atoms with E-state index in [0.29, 0.717) is 44.1 Å². The summed E-state index contributed by atoms with van der Waals surface area (Å²) in [6.07, 6.45) is 3.91. The van der Waals surface area contributed by atoms with Gasteiger partial charge in [-0.2, -0.15) is 0 Å². The van der Waals surface area contributed by atoms with Crippen molar-refractivity contribution in [1.29, 1.82) is 0 Å². The first kappa shape index (κ1) is 23.8. The van der Waals surface area contributed by atoms with Crippen LogP contribution in [0.25, 0.3) is 0 Å². The Labute approximate surface area is 208 Å². The molecular formula is C27H30FN5O3. The minimum atomic E-state index is -0.503. The van der Waals surface area contributed by atoms with E-state index in [-0.39, 0.29) is 24.7 Å². The first-order valence-corrected chi connectivity index (χ1v) is 12.5. The highest BCUT2D eigenvalue weighted by Crippen LogP contribution is 2.26. The fraction of sp³-hybridized carbons (Fsp3) is 0.370. The third-order valence-corrected chi connectivity index (χ3v) is 7.00. The van der Waals surface area contributed by atoms with Crippen LogP contribution in [0.3, 0.4) is 0 Å². The van der Waals surface area contributed by atoms with E-state index in [1.54, 1.807) is 23.1 Å². The Hall–Kier alpha value is -3.88. The predicted molar refractivity (Wildman–Crippen MR) is 137 cm³/mol. The zero-order valence-corrected chi connectivity index (χ0v) is 20.1. The monoisotopic (exact) mass is 491 g/mol. The SMILES string of the molecule is O=C(CCCn1c(=O)cc(Nc2ccc3c(c2)CCC3)[nH]c1=O)N1CCN(c2ccccc2F)CC1. The quantitative estimate of drug-likeness (QED) is 0.530. The second-order valence-electron chi connectivity index (χ2n) is 9.36. The highest BCUT2D eigenvalue weighted by atomic mass is 19.1. The van der Waals surface area contributed by atoms with Gasteiger partial charge in [0.05, 0.1) is 5.69 Å². The molecule has 2 aliphatic rings. The number of hydrogen-bond donors (Lipinski definition) is 2. The van der Waals surface area contributed by atoms with Gasteiger partial charge in [0.25, 0.3) is 5.56 Å². The molecule has 0 saturated carbocycles. The zero-order chi connectivity index (χ0) is 25.1. The normalized spacial score (nSPS) is 15.1. The van der Waals surface area contributed by atoms with Crippen molar-refractivity contribution in [3.8, 4) is 0 Å². The molecule has 2 heterocycles. The number of nitrogens with zero attached hydrogens (tertiary/aromatic N) is 3. The number of anilines is 3. The number of piperazine rings is 1. The van der Waals surface area contributed by atoms with E-state index >= 15 is 0 Å². The van der Waals surface area contributed by atoms with Crippen molar-refractivity contribution in [1.82, 2.24) is 14.5 Å². The summed E-state index contributed by atoms with van der Waals surface area (Å²) in [6, 6.07) is 14.1. The van der Waals surface area contributed by atoms with Crippen LogP contribution >= 0.6 is 0 Å². The molecule has 1 amide bonds. The van der Waals surface area contributed by atoms with Crippen LogP contribution in [0.1, 0.15) is 30.4 Å². The van der Waals surface area contributed by atoms with E-state index in [4.69, 9.17) is 0 Å². The van der Waals surface area contributed by atoms with Crippen LogP contribution < -0.4 is 21.5 Å². The molecule has 8 nitrogen and oxygen atoms in total. The molecule has 3 aromatic rings. The van der Waals surface area contributed by atoms with Crippen molar-refractivity contribution in [2.24, 2.45) is 0 Å². The minimum absolute atomic E-state index is 0.0254. The largest absolute Gasteiger partial charge is 0.366 e. The summed E-state index contributed by atoms with van der Waals surface area (Å²) < 4.78 is 15.1. The average molecular weight is 492 g/mol. The molecule has 1 fully saturated rings. The van der Waals surface area contributed by atoms with E-state index < -0.39 is 11.2 Å². The number of rotatable bonds is 7. The van der Waals surface area contributed by atoms with Crippen molar-refractivity contribution in [3.05, 3.63) is 86.3 Å². The number of H-pyrrole nitrogens is 1. The number of benzene rings is 2. The lowest BCUT2D eigenvalue weighted by atomic mass is 10.1. The molecule has 0 unspecified atom stereocenters. The topological polar surface area (TPSA) is 90.4 Å². The summed E-state index contributed by atoms with van der Waals surface area (Å²) in [5.41, 5.74) is 3.13. The van der Waals surface area contributed by atoms with Crippen molar-refractivity contribution in [3.63, 3.8) is 0 Å². The summed E-state index contributed by atoms with van der Waals surface area (Å²) in [5, 5.41) is 3.12. The number of amides is 1. The maximum Gasteiger partial charge on any atom is 0.329 e. The second-order valence-corrected chi connectivity index (χ2v) is 9.36. The number of aryl methyl sites for hydroxylation is 2. The van der Waals surface area contributed by atoms with Crippen LogP contribution in [0.5, 0.6) is 0 Å². The average Bonchev–Trinajstić information content (AvgIpc) is 3.34. The molecule has 36 heavy (non-hydrogen) atoms. The molecule has 9 heteroatoms. The Morgan fingerprint density at radius 2 is 1.75 bits per heavy atom. The maximum absolute atomic E-state index is 14.0. The number of carbonyl (C=O) groups excluding carboxylic acids is 1. The molecule has 0 bridgehead atoms. The van der Waals surface area contributed by atoms with Crippen molar-refractivity contribution in [2.45, 2.75) is 38.6 Å². The smallest absolute Gasteiger partial charge is 0.329 e. The third kappa shape index (κ3) is 5.19. The third-order valence-electron chi connectivity index (χ3n) is 7.00. The van der Waals surface area contributed by atoms with E-state index in [1.807, 2.05) is 11.0 Å². The van der Waals surface area contributed by atoms with Gasteiger partial charge in [0, 0.05) is 50.9 Å². The zero-order valence-electron chi connectivity index (χ0n) is 20.1. The summed E-state index contributed by atoms with van der Waals surface area (Å²) in [6.45, 7) is 2.30. The van der Waals surface area contributed by atoms with Gasteiger partial charge in [-0.15, -0.1) is 0 Å². The molecule has 2 N–H and O–H groups in total. The van der Waals surface area contributed by atoms with Gasteiger partial charge < -0.3 is 15.1 Å². The number of para-hydroxylation sites is 1. The highest BCUT2D eigenvalue weighted by molar-refractivity contribution is 5.76. The van der Waals surface area contributed by atoms with Gasteiger partial charge in [-0.05, 0) is 61.1 Å². The van der Waals surface area contributed by atoms with Crippen LogP contribution in [-0.2, 0) is 24.2 Å².